The van der Waals surface area contributed by atoms with Crippen LogP contribution >= 0.6 is 0 Å². The number of fused-ring (bicyclic) bond motifs is 1. The van der Waals surface area contributed by atoms with Crippen molar-refractivity contribution in [3.63, 3.8) is 0 Å². The molecule has 6 nitrogen and oxygen atoms in total. The Morgan fingerprint density at radius 2 is 1.91 bits per heavy atom. The lowest BCUT2D eigenvalue weighted by molar-refractivity contribution is 0.127. The molecule has 0 atom stereocenters. The summed E-state index contributed by atoms with van der Waals surface area (Å²) in [5, 5.41) is 9.40. The number of ether oxygens (including phenoxy) is 1. The van der Waals surface area contributed by atoms with Crippen LogP contribution < -0.4 is 10.5 Å². The lowest BCUT2D eigenvalue weighted by Gasteiger charge is -2.22. The van der Waals surface area contributed by atoms with E-state index in [9.17, 15) is 10.1 Å². The van der Waals surface area contributed by atoms with Crippen molar-refractivity contribution in [1.82, 2.24) is 9.55 Å². The molecule has 0 fully saturated rings. The van der Waals surface area contributed by atoms with E-state index in [2.05, 4.69) is 17.1 Å². The zero-order valence-corrected chi connectivity index (χ0v) is 13.0. The molecule has 23 heavy (non-hydrogen) atoms. The molecular weight excluding hydrogens is 292 g/mol. The van der Waals surface area contributed by atoms with E-state index in [1.54, 1.807) is 0 Å². The van der Waals surface area contributed by atoms with Gasteiger partial charge >= 0.3 is 0 Å². The monoisotopic (exact) mass is 310 g/mol. The molecule has 1 aromatic heterocycles. The summed E-state index contributed by atoms with van der Waals surface area (Å²) < 4.78 is 6.26. The van der Waals surface area contributed by atoms with Crippen LogP contribution in [0.3, 0.4) is 0 Å². The average molecular weight is 310 g/mol. The first-order valence-corrected chi connectivity index (χ1v) is 7.55. The van der Waals surface area contributed by atoms with Gasteiger partial charge in [-0.3, -0.25) is 9.36 Å². The zero-order chi connectivity index (χ0) is 16.2. The van der Waals surface area contributed by atoms with Gasteiger partial charge in [0.25, 0.3) is 5.56 Å². The molecule has 0 bridgehead atoms. The van der Waals surface area contributed by atoms with Crippen LogP contribution in [0.15, 0.2) is 35.4 Å². The van der Waals surface area contributed by atoms with Gasteiger partial charge < -0.3 is 9.64 Å². The number of rotatable bonds is 3. The Balaban J connectivity index is 1.93. The first-order valence-electron chi connectivity index (χ1n) is 7.55. The van der Waals surface area contributed by atoms with Crippen LogP contribution in [0.4, 0.5) is 5.82 Å². The number of nitriles is 1. The second kappa shape index (κ2) is 6.63. The largest absolute Gasteiger partial charge is 0.364 e. The van der Waals surface area contributed by atoms with E-state index < -0.39 is 0 Å². The maximum atomic E-state index is 12.4. The molecule has 0 spiro atoms. The fraction of sp³-hybridized carbons (Fsp3) is 0.353. The van der Waals surface area contributed by atoms with E-state index in [1.165, 1.54) is 29.1 Å². The fourth-order valence-corrected chi connectivity index (χ4v) is 2.93. The smallest absolute Gasteiger partial charge is 0.275 e. The van der Waals surface area contributed by atoms with E-state index in [-0.39, 0.29) is 17.9 Å². The molecule has 0 amide bonds. The van der Waals surface area contributed by atoms with Gasteiger partial charge in [-0.2, -0.15) is 5.26 Å². The van der Waals surface area contributed by atoms with Crippen LogP contribution in [0.1, 0.15) is 16.7 Å². The topological polar surface area (TPSA) is 71.2 Å². The summed E-state index contributed by atoms with van der Waals surface area (Å²) >= 11 is 0. The minimum atomic E-state index is -0.360. The van der Waals surface area contributed by atoms with Gasteiger partial charge in [0.05, 0.1) is 0 Å². The number of nitrogens with zero attached hydrogens (tertiary/aromatic N) is 4. The molecule has 6 heteroatoms. The Kier molecular flexibility index (Phi) is 4.40. The number of methoxy groups -OCH3 is 1. The van der Waals surface area contributed by atoms with Gasteiger partial charge in [0.2, 0.25) is 0 Å². The van der Waals surface area contributed by atoms with Crippen molar-refractivity contribution < 1.29 is 4.74 Å². The van der Waals surface area contributed by atoms with Gasteiger partial charge in [-0.25, -0.2) is 4.98 Å². The molecule has 0 saturated heterocycles. The van der Waals surface area contributed by atoms with Gasteiger partial charge in [-0.15, -0.1) is 0 Å². The van der Waals surface area contributed by atoms with Gasteiger partial charge in [0.1, 0.15) is 19.1 Å². The van der Waals surface area contributed by atoms with E-state index >= 15 is 0 Å². The van der Waals surface area contributed by atoms with Crippen molar-refractivity contribution >= 4 is 5.82 Å². The van der Waals surface area contributed by atoms with Gasteiger partial charge in [0, 0.05) is 20.2 Å². The van der Waals surface area contributed by atoms with Crippen molar-refractivity contribution in [2.45, 2.75) is 19.6 Å². The highest BCUT2D eigenvalue weighted by molar-refractivity contribution is 5.53. The summed E-state index contributed by atoms with van der Waals surface area (Å²) in [7, 11) is 1.50. The summed E-state index contributed by atoms with van der Waals surface area (Å²) in [6.07, 6.45) is 3.20. The predicted octanol–water partition coefficient (Wildman–Crippen LogP) is 1.32. The lowest BCUT2D eigenvalue weighted by atomic mass is 10.0. The number of anilines is 1. The molecule has 3 rings (SSSR count). The summed E-state index contributed by atoms with van der Waals surface area (Å²) in [5.74, 6) is 0.470. The average Bonchev–Trinajstić information content (AvgIpc) is 2.79. The van der Waals surface area contributed by atoms with Crippen LogP contribution in [-0.2, 0) is 24.3 Å². The maximum Gasteiger partial charge on any atom is 0.275 e. The van der Waals surface area contributed by atoms with Crippen LogP contribution in [0, 0.1) is 11.3 Å². The second-order valence-corrected chi connectivity index (χ2v) is 5.50. The number of hydrogen-bond donors (Lipinski definition) is 0. The summed E-state index contributed by atoms with van der Waals surface area (Å²) in [5.41, 5.74) is 2.36. The molecule has 0 unspecified atom stereocenters. The predicted molar refractivity (Wildman–Crippen MR) is 86.3 cm³/mol. The summed E-state index contributed by atoms with van der Waals surface area (Å²) in [4.78, 5) is 18.7. The highest BCUT2D eigenvalue weighted by atomic mass is 16.5. The Hall–Kier alpha value is -2.65. The SMILES string of the molecule is COCn1cnc(N2CCc3ccccc3CC2)c(C#N)c1=O. The van der Waals surface area contributed by atoms with E-state index in [0.717, 1.165) is 25.9 Å². The quantitative estimate of drug-likeness (QED) is 0.855. The molecule has 2 heterocycles. The van der Waals surface area contributed by atoms with Crippen molar-refractivity contribution in [2.24, 2.45) is 0 Å². The molecule has 1 aliphatic rings. The standard InChI is InChI=1S/C17H18N4O2/c1-23-12-21-11-19-16(15(10-18)17(21)22)20-8-6-13-4-2-3-5-14(13)7-9-20/h2-5,11H,6-9,12H2,1H3. The number of benzene rings is 1. The molecule has 0 aliphatic carbocycles. The molecule has 1 aliphatic heterocycles. The van der Waals surface area contributed by atoms with Gasteiger partial charge in [0.15, 0.2) is 11.4 Å². The van der Waals surface area contributed by atoms with Gasteiger partial charge in [-0.05, 0) is 24.0 Å². The Morgan fingerprint density at radius 1 is 1.26 bits per heavy atom. The van der Waals surface area contributed by atoms with E-state index in [4.69, 9.17) is 4.74 Å². The van der Waals surface area contributed by atoms with Crippen LogP contribution in [0.25, 0.3) is 0 Å². The fourth-order valence-electron chi connectivity index (χ4n) is 2.93. The molecule has 118 valence electrons. The molecular formula is C17H18N4O2. The minimum absolute atomic E-state index is 0.0792. The summed E-state index contributed by atoms with van der Waals surface area (Å²) in [6, 6.07) is 10.4. The first-order chi connectivity index (χ1) is 11.2. The van der Waals surface area contributed by atoms with Crippen molar-refractivity contribution in [2.75, 3.05) is 25.1 Å². The maximum absolute atomic E-state index is 12.4. The highest BCUT2D eigenvalue weighted by Crippen LogP contribution is 2.20. The van der Waals surface area contributed by atoms with Crippen LogP contribution in [0.2, 0.25) is 0 Å². The molecule has 0 saturated carbocycles. The third-order valence-corrected chi connectivity index (χ3v) is 4.12. The number of hydrogen-bond acceptors (Lipinski definition) is 5. The Bertz CT molecular complexity index is 780. The normalized spacial score (nSPS) is 14.0. The van der Waals surface area contributed by atoms with Crippen molar-refractivity contribution in [3.8, 4) is 6.07 Å². The second-order valence-electron chi connectivity index (χ2n) is 5.50. The highest BCUT2D eigenvalue weighted by Gasteiger charge is 2.20. The third kappa shape index (κ3) is 2.96. The third-order valence-electron chi connectivity index (χ3n) is 4.12. The zero-order valence-electron chi connectivity index (χ0n) is 13.0. The molecule has 2 aromatic rings. The molecule has 0 radical (unpaired) electrons. The molecule has 1 aromatic carbocycles. The van der Waals surface area contributed by atoms with Crippen LogP contribution in [0.5, 0.6) is 0 Å². The van der Waals surface area contributed by atoms with Crippen LogP contribution in [-0.4, -0.2) is 29.8 Å². The Labute approximate surface area is 134 Å². The Morgan fingerprint density at radius 3 is 2.48 bits per heavy atom. The van der Waals surface area contributed by atoms with E-state index in [1.807, 2.05) is 23.1 Å². The summed E-state index contributed by atoms with van der Waals surface area (Å²) in [6.45, 7) is 1.57. The molecule has 0 N–H and O–H groups in total. The van der Waals surface area contributed by atoms with E-state index in [0.29, 0.717) is 5.82 Å². The minimum Gasteiger partial charge on any atom is -0.364 e. The van der Waals surface area contributed by atoms with Gasteiger partial charge in [-0.1, -0.05) is 24.3 Å². The first kappa shape index (κ1) is 15.3. The lowest BCUT2D eigenvalue weighted by Crippen LogP contribution is -2.32. The van der Waals surface area contributed by atoms with Crippen molar-refractivity contribution in [1.29, 1.82) is 5.26 Å². The van der Waals surface area contributed by atoms with Crippen molar-refractivity contribution in [3.05, 3.63) is 57.6 Å². The number of aromatic nitrogens is 2.